The number of esters is 1. The molecule has 0 fully saturated rings. The van der Waals surface area contributed by atoms with Crippen molar-refractivity contribution in [1.29, 1.82) is 0 Å². The molecule has 4 rings (SSSR count). The van der Waals surface area contributed by atoms with Crippen molar-refractivity contribution in [3.63, 3.8) is 0 Å². The van der Waals surface area contributed by atoms with E-state index >= 15 is 0 Å². The topological polar surface area (TPSA) is 124 Å². The number of thiazole rings is 1. The molecular formula is C24H19I2N3O6S. The Morgan fingerprint density at radius 1 is 1.31 bits per heavy atom. The summed E-state index contributed by atoms with van der Waals surface area (Å²) in [6.07, 6.45) is 1.58. The summed E-state index contributed by atoms with van der Waals surface area (Å²) in [6, 6.07) is 7.24. The van der Waals surface area contributed by atoms with Crippen molar-refractivity contribution >= 4 is 74.3 Å². The fourth-order valence-electron chi connectivity index (χ4n) is 3.94. The van der Waals surface area contributed by atoms with E-state index in [0.717, 1.165) is 14.9 Å². The van der Waals surface area contributed by atoms with E-state index in [1.165, 1.54) is 10.6 Å². The van der Waals surface area contributed by atoms with Crippen molar-refractivity contribution in [2.24, 2.45) is 4.99 Å². The maximum absolute atomic E-state index is 13.7. The van der Waals surface area contributed by atoms with Crippen molar-refractivity contribution in [1.82, 2.24) is 4.57 Å². The summed E-state index contributed by atoms with van der Waals surface area (Å²) in [4.78, 5) is 42.7. The van der Waals surface area contributed by atoms with Crippen LogP contribution in [0.4, 0.5) is 5.69 Å². The molecular weight excluding hydrogens is 712 g/mol. The monoisotopic (exact) mass is 731 g/mol. The number of hydrogen-bond acceptors (Lipinski definition) is 8. The predicted octanol–water partition coefficient (Wildman–Crippen LogP) is 3.93. The molecule has 186 valence electrons. The number of carbonyl (C=O) groups is 1. The molecule has 2 heterocycles. The SMILES string of the molecule is CCOC(=O)C1=C(C)N=c2s/c(=C/c3cc(I)cc(I)c3O)c(=O)n2[C@@H]1c1ccc(C)c([N+](=O)[O-])c1. The average Bonchev–Trinajstić information content (AvgIpc) is 3.11. The van der Waals surface area contributed by atoms with E-state index < -0.39 is 22.5 Å². The van der Waals surface area contributed by atoms with Crippen LogP contribution >= 0.6 is 56.5 Å². The number of fused-ring (bicyclic) bond motifs is 1. The summed E-state index contributed by atoms with van der Waals surface area (Å²) in [5.41, 5.74) is 1.27. The molecule has 0 saturated carbocycles. The molecule has 12 heteroatoms. The Labute approximate surface area is 236 Å². The zero-order chi connectivity index (χ0) is 26.3. The van der Waals surface area contributed by atoms with Crippen LogP contribution in [0.25, 0.3) is 6.08 Å². The van der Waals surface area contributed by atoms with Crippen molar-refractivity contribution < 1.29 is 19.6 Å². The predicted molar refractivity (Wildman–Crippen MR) is 152 cm³/mol. The van der Waals surface area contributed by atoms with Crippen LogP contribution in [-0.4, -0.2) is 27.2 Å². The molecule has 3 aromatic rings. The summed E-state index contributed by atoms with van der Waals surface area (Å²) in [6.45, 7) is 5.05. The molecule has 1 N–H and O–H groups in total. The quantitative estimate of drug-likeness (QED) is 0.184. The van der Waals surface area contributed by atoms with Crippen molar-refractivity contribution in [2.75, 3.05) is 6.61 Å². The van der Waals surface area contributed by atoms with Gasteiger partial charge in [0.1, 0.15) is 5.75 Å². The highest BCUT2D eigenvalue weighted by Gasteiger charge is 2.34. The Balaban J connectivity index is 2.02. The number of allylic oxidation sites excluding steroid dienone is 1. The molecule has 0 saturated heterocycles. The van der Waals surface area contributed by atoms with Crippen molar-refractivity contribution in [3.05, 3.63) is 95.2 Å². The first-order valence-corrected chi connectivity index (χ1v) is 13.6. The zero-order valence-corrected chi connectivity index (χ0v) is 24.4. The Morgan fingerprint density at radius 2 is 2.03 bits per heavy atom. The number of phenols is 1. The van der Waals surface area contributed by atoms with E-state index in [2.05, 4.69) is 27.6 Å². The van der Waals surface area contributed by atoms with Gasteiger partial charge in [-0.15, -0.1) is 0 Å². The number of benzene rings is 2. The second-order valence-electron chi connectivity index (χ2n) is 7.93. The minimum absolute atomic E-state index is 0.0518. The summed E-state index contributed by atoms with van der Waals surface area (Å²) < 4.78 is 8.45. The smallest absolute Gasteiger partial charge is 0.338 e. The highest BCUT2D eigenvalue weighted by molar-refractivity contribution is 14.1. The molecule has 9 nitrogen and oxygen atoms in total. The van der Waals surface area contributed by atoms with Crippen LogP contribution in [-0.2, 0) is 9.53 Å². The van der Waals surface area contributed by atoms with E-state index in [1.807, 2.05) is 28.7 Å². The van der Waals surface area contributed by atoms with Crippen LogP contribution in [0.3, 0.4) is 0 Å². The van der Waals surface area contributed by atoms with Crippen LogP contribution in [0.2, 0.25) is 0 Å². The normalized spacial score (nSPS) is 15.5. The molecule has 0 aliphatic carbocycles. The second kappa shape index (κ2) is 10.4. The molecule has 1 aliphatic heterocycles. The average molecular weight is 731 g/mol. The van der Waals surface area contributed by atoms with E-state index in [4.69, 9.17) is 4.74 Å². The summed E-state index contributed by atoms with van der Waals surface area (Å²) in [5, 5.41) is 22.2. The number of phenolic OH excluding ortho intramolecular Hbond substituents is 1. The zero-order valence-electron chi connectivity index (χ0n) is 19.2. The van der Waals surface area contributed by atoms with E-state index in [9.17, 15) is 24.8 Å². The molecule has 1 aliphatic rings. The summed E-state index contributed by atoms with van der Waals surface area (Å²) in [7, 11) is 0. The van der Waals surface area contributed by atoms with Gasteiger partial charge in [-0.3, -0.25) is 19.5 Å². The number of aromatic nitrogens is 1. The first kappa shape index (κ1) is 26.5. The number of halogens is 2. The van der Waals surface area contributed by atoms with E-state index in [-0.39, 0.29) is 23.6 Å². The highest BCUT2D eigenvalue weighted by atomic mass is 127. The number of hydrogen-bond donors (Lipinski definition) is 1. The second-order valence-corrected chi connectivity index (χ2v) is 11.3. The van der Waals surface area contributed by atoms with Gasteiger partial charge in [0, 0.05) is 20.8 Å². The molecule has 2 aromatic carbocycles. The maximum Gasteiger partial charge on any atom is 0.338 e. The Kier molecular flexibility index (Phi) is 7.66. The third kappa shape index (κ3) is 4.85. The van der Waals surface area contributed by atoms with Gasteiger partial charge in [0.15, 0.2) is 4.80 Å². The van der Waals surface area contributed by atoms with Crippen molar-refractivity contribution in [3.8, 4) is 5.75 Å². The standard InChI is InChI=1S/C24H19I2N3O6S/c1-4-35-23(32)19-12(3)27-24-28(20(19)13-6-5-11(2)17(8-13)29(33)34)22(31)18(36-24)9-14-7-15(25)10-16(26)21(14)30/h5-10,20,30H,4H2,1-3H3/b18-9+/t20-/m1/s1. The van der Waals surface area contributed by atoms with Gasteiger partial charge in [-0.1, -0.05) is 23.5 Å². The Bertz CT molecular complexity index is 1640. The number of ether oxygens (including phenoxy) is 1. The van der Waals surface area contributed by atoms with Gasteiger partial charge in [0.25, 0.3) is 11.2 Å². The number of rotatable bonds is 5. The van der Waals surface area contributed by atoms with E-state index in [0.29, 0.717) is 35.3 Å². The lowest BCUT2D eigenvalue weighted by atomic mass is 9.94. The number of nitrogens with zero attached hydrogens (tertiary/aromatic N) is 3. The Hall–Kier alpha value is -2.59. The molecule has 1 atom stereocenters. The number of aromatic hydroxyl groups is 1. The number of aryl methyl sites for hydroxylation is 1. The lowest BCUT2D eigenvalue weighted by molar-refractivity contribution is -0.385. The first-order valence-electron chi connectivity index (χ1n) is 10.7. The summed E-state index contributed by atoms with van der Waals surface area (Å²) >= 11 is 5.26. The number of nitro groups is 1. The molecule has 0 spiro atoms. The lowest BCUT2D eigenvalue weighted by Gasteiger charge is -2.24. The van der Waals surface area contributed by atoms with Gasteiger partial charge < -0.3 is 9.84 Å². The number of nitro benzene ring substituents is 1. The van der Waals surface area contributed by atoms with Gasteiger partial charge in [-0.2, -0.15) is 0 Å². The van der Waals surface area contributed by atoms with Crippen molar-refractivity contribution in [2.45, 2.75) is 26.8 Å². The fourth-order valence-corrected chi connectivity index (χ4v) is 6.86. The Morgan fingerprint density at radius 3 is 2.69 bits per heavy atom. The van der Waals surface area contributed by atoms with Gasteiger partial charge in [-0.25, -0.2) is 9.79 Å². The fraction of sp³-hybridized carbons (Fsp3) is 0.208. The molecule has 0 amide bonds. The van der Waals surface area contributed by atoms with Crippen LogP contribution in [0.5, 0.6) is 5.75 Å². The largest absolute Gasteiger partial charge is 0.506 e. The van der Waals surface area contributed by atoms with Crippen LogP contribution in [0, 0.1) is 24.2 Å². The van der Waals surface area contributed by atoms with Crippen LogP contribution in [0.1, 0.15) is 36.6 Å². The molecule has 0 unspecified atom stereocenters. The van der Waals surface area contributed by atoms with Crippen LogP contribution in [0.15, 0.2) is 51.4 Å². The minimum atomic E-state index is -0.966. The van der Waals surface area contributed by atoms with Gasteiger partial charge >= 0.3 is 5.97 Å². The van der Waals surface area contributed by atoms with Crippen LogP contribution < -0.4 is 14.9 Å². The lowest BCUT2D eigenvalue weighted by Crippen LogP contribution is -2.40. The minimum Gasteiger partial charge on any atom is -0.506 e. The number of carbonyl (C=O) groups excluding carboxylic acids is 1. The molecule has 1 aromatic heterocycles. The molecule has 0 bridgehead atoms. The van der Waals surface area contributed by atoms with E-state index in [1.54, 1.807) is 45.0 Å². The third-order valence-corrected chi connectivity index (χ3v) is 8.03. The van der Waals surface area contributed by atoms with Gasteiger partial charge in [-0.05, 0) is 89.7 Å². The third-order valence-electron chi connectivity index (χ3n) is 5.61. The summed E-state index contributed by atoms with van der Waals surface area (Å²) in [5.74, 6) is -0.595. The molecule has 0 radical (unpaired) electrons. The van der Waals surface area contributed by atoms with Gasteiger partial charge in [0.05, 0.1) is 36.9 Å². The maximum atomic E-state index is 13.7. The van der Waals surface area contributed by atoms with Gasteiger partial charge in [0.2, 0.25) is 0 Å². The first-order chi connectivity index (χ1) is 17.0. The highest BCUT2D eigenvalue weighted by Crippen LogP contribution is 2.33. The molecule has 36 heavy (non-hydrogen) atoms.